The number of alkyl carbamates (subject to hydrolysis) is 1. The lowest BCUT2D eigenvalue weighted by Crippen LogP contribution is -2.40. The zero-order valence-corrected chi connectivity index (χ0v) is 38.3. The number of hydrogen-bond acceptors (Lipinski definition) is 11. The Labute approximate surface area is 365 Å². The van der Waals surface area contributed by atoms with Crippen molar-refractivity contribution in [3.05, 3.63) is 59.3 Å². The first-order valence-corrected chi connectivity index (χ1v) is 22.4. The summed E-state index contributed by atoms with van der Waals surface area (Å²) < 4.78 is 6.51. The summed E-state index contributed by atoms with van der Waals surface area (Å²) in [5.41, 5.74) is 10.5. The molecule has 0 aliphatic heterocycles. The second-order valence-electron chi connectivity index (χ2n) is 13.4. The molecule has 0 unspecified atom stereocenters. The zero-order valence-electron chi connectivity index (χ0n) is 36.7. The van der Waals surface area contributed by atoms with Gasteiger partial charge in [-0.2, -0.15) is 0 Å². The Kier molecular flexibility index (Phi) is 20.8. The van der Waals surface area contributed by atoms with Gasteiger partial charge in [-0.05, 0) is 12.8 Å². The molecule has 61 heavy (non-hydrogen) atoms. The fourth-order valence-electron chi connectivity index (χ4n) is 6.00. The molecule has 0 atom stereocenters. The largest absolute Gasteiger partial charge is 0.465 e. The third kappa shape index (κ3) is 13.6. The molecule has 330 valence electrons. The van der Waals surface area contributed by atoms with E-state index in [4.69, 9.17) is 15.1 Å². The zero-order chi connectivity index (χ0) is 44.9. The van der Waals surface area contributed by atoms with E-state index in [1.165, 1.54) is 42.6 Å². The highest BCUT2D eigenvalue weighted by molar-refractivity contribution is 7.17. The predicted octanol–water partition coefficient (Wildman–Crippen LogP) is 9.31. The molecule has 0 radical (unpaired) electrons. The van der Waals surface area contributed by atoms with E-state index in [1.54, 1.807) is 22.2 Å². The minimum atomic E-state index is -1.25. The number of methoxy groups -OCH3 is 1. The maximum atomic E-state index is 12.8. The second kappa shape index (κ2) is 25.7. The number of nitrogens with zero attached hydrogens (tertiary/aromatic N) is 6. The van der Waals surface area contributed by atoms with Crippen LogP contribution >= 0.6 is 22.7 Å². The summed E-state index contributed by atoms with van der Waals surface area (Å²) in [6.07, 6.45) is 5.52. The fraction of sp³-hybridized carbons (Fsp3) is 0.442. The van der Waals surface area contributed by atoms with Crippen molar-refractivity contribution in [1.29, 1.82) is 0 Å². The van der Waals surface area contributed by atoms with E-state index in [1.807, 2.05) is 63.0 Å². The minimum absolute atomic E-state index is 0.172. The number of fused-ring (bicyclic) bond motifs is 2. The maximum absolute atomic E-state index is 12.8. The van der Waals surface area contributed by atoms with Crippen molar-refractivity contribution < 1.29 is 29.0 Å². The number of aromatic amines is 2. The lowest BCUT2D eigenvalue weighted by molar-refractivity contribution is -0.131. The molecule has 0 fully saturated rings. The van der Waals surface area contributed by atoms with Crippen LogP contribution in [0.4, 0.5) is 9.59 Å². The van der Waals surface area contributed by atoms with Crippen molar-refractivity contribution in [2.45, 2.75) is 94.2 Å². The van der Waals surface area contributed by atoms with Crippen LogP contribution in [0.5, 0.6) is 0 Å². The van der Waals surface area contributed by atoms with Crippen LogP contribution in [-0.2, 0) is 27.4 Å². The Morgan fingerprint density at radius 1 is 0.656 bits per heavy atom. The molecular weight excluding hydrogens is 817 g/mol. The highest BCUT2D eigenvalue weighted by Gasteiger charge is 2.21. The molecule has 0 saturated heterocycles. The number of aromatic nitrogens is 6. The van der Waals surface area contributed by atoms with Gasteiger partial charge in [-0.3, -0.25) is 9.59 Å². The average Bonchev–Trinajstić information content (AvgIpc) is 4.11. The lowest BCUT2D eigenvalue weighted by atomic mass is 9.98. The Morgan fingerprint density at radius 2 is 1.05 bits per heavy atom. The SMILES string of the molecule is CC.CCC.CCC.CCCN(Cc1ncc(-c2ccc(-c3ccc(-c4cnc(CN(CCC)C(=O)CNC(=O)OC)[nH]4)c4scnc34)c3ncsc23)[nH]1)C(=O)CNC(=O)O. The van der Waals surface area contributed by atoms with Gasteiger partial charge in [-0.1, -0.05) is 92.5 Å². The van der Waals surface area contributed by atoms with Crippen LogP contribution in [0.3, 0.4) is 0 Å². The topological polar surface area (TPSA) is 211 Å². The molecule has 0 aliphatic carbocycles. The molecule has 0 bridgehead atoms. The number of H-pyrrole nitrogens is 2. The molecule has 6 aromatic rings. The first-order chi connectivity index (χ1) is 29.5. The first-order valence-electron chi connectivity index (χ1n) is 20.7. The van der Waals surface area contributed by atoms with Crippen LogP contribution in [0.1, 0.15) is 92.7 Å². The van der Waals surface area contributed by atoms with Crippen LogP contribution in [0.15, 0.2) is 47.7 Å². The van der Waals surface area contributed by atoms with Crippen molar-refractivity contribution in [2.24, 2.45) is 0 Å². The van der Waals surface area contributed by atoms with Crippen molar-refractivity contribution in [3.8, 4) is 33.6 Å². The average molecular weight is 877 g/mol. The molecule has 4 amide bonds. The third-order valence-corrected chi connectivity index (χ3v) is 10.1. The second-order valence-corrected chi connectivity index (χ2v) is 15.1. The van der Waals surface area contributed by atoms with E-state index >= 15 is 0 Å². The van der Waals surface area contributed by atoms with Gasteiger partial charge in [0.1, 0.15) is 24.7 Å². The summed E-state index contributed by atoms with van der Waals surface area (Å²) in [4.78, 5) is 76.4. The number of carbonyl (C=O) groups excluding carboxylic acids is 3. The standard InChI is InChI=1S/C35H38N10O6S2.2C3H8.C2H6/c1-4-10-44(28(46)14-38-34(48)49)16-26-36-12-24(42-26)22-8-6-20(30-32(22)52-18-40-30)21-7-9-23(33-31(21)41-19-53-33)25-13-37-27(43-25)17-45(11-5-2)29(47)15-39-35(50)51-3;2*1-3-2;1-2/h6-9,12-13,18-19,38H,4-5,10-11,14-17H2,1-3H3,(H,36,42)(H,37,43)(H,39,50)(H,48,49);2*3H2,1-2H3;1-2H3. The number of amides is 4. The molecule has 4 aromatic heterocycles. The highest BCUT2D eigenvalue weighted by Crippen LogP contribution is 2.41. The van der Waals surface area contributed by atoms with E-state index in [0.717, 1.165) is 60.5 Å². The molecule has 0 aliphatic rings. The monoisotopic (exact) mass is 876 g/mol. The van der Waals surface area contributed by atoms with Crippen molar-refractivity contribution >= 4 is 67.1 Å². The number of carbonyl (C=O) groups is 4. The molecule has 4 heterocycles. The molecular formula is C43H60N10O6S2. The normalized spacial score (nSPS) is 10.4. The van der Waals surface area contributed by atoms with Crippen LogP contribution in [0.25, 0.3) is 54.1 Å². The van der Waals surface area contributed by atoms with Gasteiger partial charge in [0, 0.05) is 35.3 Å². The van der Waals surface area contributed by atoms with Gasteiger partial charge in [0.15, 0.2) is 0 Å². The quantitative estimate of drug-likeness (QED) is 0.0660. The molecule has 6 rings (SSSR count). The van der Waals surface area contributed by atoms with Crippen LogP contribution < -0.4 is 10.6 Å². The maximum Gasteiger partial charge on any atom is 0.407 e. The highest BCUT2D eigenvalue weighted by atomic mass is 32.1. The Morgan fingerprint density at radius 3 is 1.43 bits per heavy atom. The lowest BCUT2D eigenvalue weighted by Gasteiger charge is -2.21. The number of nitrogens with one attached hydrogen (secondary N) is 4. The number of imidazole rings is 2. The summed E-state index contributed by atoms with van der Waals surface area (Å²) in [6, 6.07) is 8.12. The molecule has 0 spiro atoms. The number of ether oxygens (including phenoxy) is 1. The predicted molar refractivity (Wildman–Crippen MR) is 245 cm³/mol. The van der Waals surface area contributed by atoms with Crippen LogP contribution in [0, 0.1) is 0 Å². The van der Waals surface area contributed by atoms with E-state index in [2.05, 4.69) is 63.0 Å². The molecule has 5 N–H and O–H groups in total. The Hall–Kier alpha value is -5.88. The number of benzene rings is 2. The van der Waals surface area contributed by atoms with Gasteiger partial charge in [0.2, 0.25) is 11.8 Å². The van der Waals surface area contributed by atoms with Gasteiger partial charge in [0.05, 0.1) is 75.4 Å². The number of thiazole rings is 2. The van der Waals surface area contributed by atoms with Gasteiger partial charge in [-0.15, -0.1) is 22.7 Å². The summed E-state index contributed by atoms with van der Waals surface area (Å²) in [6.45, 7) is 17.4. The van der Waals surface area contributed by atoms with Crippen LogP contribution in [-0.4, -0.2) is 102 Å². The molecule has 16 nitrogen and oxygen atoms in total. The van der Waals surface area contributed by atoms with Crippen molar-refractivity contribution in [3.63, 3.8) is 0 Å². The van der Waals surface area contributed by atoms with E-state index < -0.39 is 12.2 Å². The number of hydrogen-bond donors (Lipinski definition) is 5. The first kappa shape index (κ1) is 49.5. The van der Waals surface area contributed by atoms with Crippen molar-refractivity contribution in [1.82, 2.24) is 50.3 Å². The Bertz CT molecular complexity index is 2300. The number of carboxylic acid groups (broad SMARTS) is 1. The summed E-state index contributed by atoms with van der Waals surface area (Å²) in [5, 5.41) is 13.5. The van der Waals surface area contributed by atoms with Crippen LogP contribution in [0.2, 0.25) is 0 Å². The van der Waals surface area contributed by atoms with Gasteiger partial charge in [-0.25, -0.2) is 29.5 Å². The Balaban J connectivity index is 0.00000116. The minimum Gasteiger partial charge on any atom is -0.465 e. The van der Waals surface area contributed by atoms with E-state index in [9.17, 15) is 19.2 Å². The molecule has 18 heteroatoms. The number of rotatable bonds is 15. The van der Waals surface area contributed by atoms with Gasteiger partial charge < -0.3 is 40.2 Å². The van der Waals surface area contributed by atoms with E-state index in [0.29, 0.717) is 31.2 Å². The van der Waals surface area contributed by atoms with Gasteiger partial charge in [0.25, 0.3) is 0 Å². The summed E-state index contributed by atoms with van der Waals surface area (Å²) in [7, 11) is 1.25. The van der Waals surface area contributed by atoms with E-state index in [-0.39, 0.29) is 38.0 Å². The smallest absolute Gasteiger partial charge is 0.407 e. The fourth-order valence-corrected chi connectivity index (χ4v) is 7.68. The molecule has 2 aromatic carbocycles. The third-order valence-electron chi connectivity index (χ3n) is 8.43. The molecule has 0 saturated carbocycles. The summed E-state index contributed by atoms with van der Waals surface area (Å²) >= 11 is 3.04. The van der Waals surface area contributed by atoms with Crippen molar-refractivity contribution in [2.75, 3.05) is 33.3 Å². The van der Waals surface area contributed by atoms with Gasteiger partial charge >= 0.3 is 12.2 Å². The summed E-state index contributed by atoms with van der Waals surface area (Å²) in [5.74, 6) is 0.629.